The third kappa shape index (κ3) is 3.16. The molecule has 0 radical (unpaired) electrons. The quantitative estimate of drug-likeness (QED) is 0.287. The molecule has 2 aliphatic rings. The smallest absolute Gasteiger partial charge is 0.248 e. The molecular formula is C23H27N9. The maximum atomic E-state index is 6.51. The van der Waals surface area contributed by atoms with E-state index in [0.717, 1.165) is 48.0 Å². The number of hydrazine groups is 1. The van der Waals surface area contributed by atoms with Crippen LogP contribution in [0.3, 0.4) is 0 Å². The molecule has 9 nitrogen and oxygen atoms in total. The molecule has 2 aromatic heterocycles. The summed E-state index contributed by atoms with van der Waals surface area (Å²) in [6, 6.07) is 10.3. The van der Waals surface area contributed by atoms with Crippen molar-refractivity contribution in [1.82, 2.24) is 24.7 Å². The van der Waals surface area contributed by atoms with Gasteiger partial charge in [-0.15, -0.1) is 10.2 Å². The third-order valence-corrected chi connectivity index (χ3v) is 6.25. The van der Waals surface area contributed by atoms with Gasteiger partial charge >= 0.3 is 0 Å². The molecule has 1 aromatic carbocycles. The number of fused-ring (bicyclic) bond motifs is 3. The van der Waals surface area contributed by atoms with Crippen LogP contribution in [-0.2, 0) is 0 Å². The van der Waals surface area contributed by atoms with Crippen LogP contribution in [0.15, 0.2) is 54.3 Å². The number of hydrogen-bond acceptors (Lipinski definition) is 7. The molecule has 0 bridgehead atoms. The fraction of sp³-hybridized carbons (Fsp3) is 0.348. The monoisotopic (exact) mass is 429 g/mol. The Morgan fingerprint density at radius 2 is 2.06 bits per heavy atom. The fourth-order valence-corrected chi connectivity index (χ4v) is 4.50. The lowest BCUT2D eigenvalue weighted by Gasteiger charge is -2.45. The van der Waals surface area contributed by atoms with Gasteiger partial charge in [-0.2, -0.15) is 4.98 Å². The van der Waals surface area contributed by atoms with E-state index in [1.165, 1.54) is 17.6 Å². The third-order valence-electron chi connectivity index (χ3n) is 6.25. The zero-order chi connectivity index (χ0) is 22.2. The summed E-state index contributed by atoms with van der Waals surface area (Å²) >= 11 is 0. The summed E-state index contributed by atoms with van der Waals surface area (Å²) in [5, 5.41) is 10.3. The molecule has 0 spiro atoms. The first-order valence-corrected chi connectivity index (χ1v) is 11.0. The van der Waals surface area contributed by atoms with E-state index in [9.17, 15) is 0 Å². The van der Waals surface area contributed by atoms with Crippen LogP contribution in [0.4, 0.5) is 11.8 Å². The molecule has 1 saturated carbocycles. The molecule has 0 unspecified atom stereocenters. The van der Waals surface area contributed by atoms with Crippen molar-refractivity contribution < 1.29 is 0 Å². The van der Waals surface area contributed by atoms with Crippen molar-refractivity contribution in [2.75, 3.05) is 9.91 Å². The van der Waals surface area contributed by atoms with E-state index >= 15 is 0 Å². The van der Waals surface area contributed by atoms with Crippen molar-refractivity contribution >= 4 is 17.6 Å². The lowest BCUT2D eigenvalue weighted by Crippen LogP contribution is -2.47. The highest BCUT2D eigenvalue weighted by atomic mass is 15.5. The van der Waals surface area contributed by atoms with Gasteiger partial charge in [-0.05, 0) is 32.6 Å². The van der Waals surface area contributed by atoms with Crippen LogP contribution in [0.5, 0.6) is 0 Å². The summed E-state index contributed by atoms with van der Waals surface area (Å²) < 4.78 is 2.07. The highest BCUT2D eigenvalue weighted by Gasteiger charge is 2.40. The summed E-state index contributed by atoms with van der Waals surface area (Å²) in [5.74, 6) is 10.1. The Morgan fingerprint density at radius 1 is 1.28 bits per heavy atom. The number of aliphatic imine (C=N–C) groups is 1. The van der Waals surface area contributed by atoms with Gasteiger partial charge in [-0.3, -0.25) is 4.57 Å². The van der Waals surface area contributed by atoms with Gasteiger partial charge in [0.1, 0.15) is 11.5 Å². The summed E-state index contributed by atoms with van der Waals surface area (Å²) in [6.07, 6.45) is 7.70. The van der Waals surface area contributed by atoms with E-state index in [2.05, 4.69) is 43.1 Å². The number of benzene rings is 1. The van der Waals surface area contributed by atoms with Crippen LogP contribution in [0, 0.1) is 6.92 Å². The molecule has 0 amide bonds. The Bertz CT molecular complexity index is 1160. The average molecular weight is 430 g/mol. The molecule has 1 atom stereocenters. The highest BCUT2D eigenvalue weighted by molar-refractivity contribution is 6.08. The summed E-state index contributed by atoms with van der Waals surface area (Å²) in [4.78, 5) is 16.4. The maximum Gasteiger partial charge on any atom is 0.248 e. The molecule has 5 rings (SSSR count). The van der Waals surface area contributed by atoms with Crippen molar-refractivity contribution in [3.05, 3.63) is 66.5 Å². The first kappa shape index (κ1) is 20.3. The van der Waals surface area contributed by atoms with Gasteiger partial charge in [0.2, 0.25) is 5.95 Å². The summed E-state index contributed by atoms with van der Waals surface area (Å²) in [7, 11) is 0. The van der Waals surface area contributed by atoms with Crippen molar-refractivity contribution in [3.63, 3.8) is 0 Å². The van der Waals surface area contributed by atoms with Crippen molar-refractivity contribution in [2.24, 2.45) is 10.8 Å². The van der Waals surface area contributed by atoms with E-state index in [4.69, 9.17) is 10.8 Å². The number of amidine groups is 1. The van der Waals surface area contributed by atoms with Gasteiger partial charge in [0.05, 0.1) is 12.2 Å². The Labute approximate surface area is 187 Å². The summed E-state index contributed by atoms with van der Waals surface area (Å²) in [6.45, 7) is 7.88. The van der Waals surface area contributed by atoms with Gasteiger partial charge in [0, 0.05) is 17.8 Å². The van der Waals surface area contributed by atoms with E-state index in [0.29, 0.717) is 17.8 Å². The Hall–Kier alpha value is -3.59. The van der Waals surface area contributed by atoms with Gasteiger partial charge in [0.25, 0.3) is 0 Å². The minimum atomic E-state index is 0.110. The number of anilines is 2. The predicted molar refractivity (Wildman–Crippen MR) is 125 cm³/mol. The Kier molecular flexibility index (Phi) is 5.18. The molecule has 1 aliphatic heterocycles. The molecular weight excluding hydrogens is 402 g/mol. The Balaban J connectivity index is 1.63. The molecule has 1 aliphatic carbocycles. The van der Waals surface area contributed by atoms with Gasteiger partial charge in [-0.1, -0.05) is 43.8 Å². The van der Waals surface area contributed by atoms with Gasteiger partial charge in [0.15, 0.2) is 17.5 Å². The van der Waals surface area contributed by atoms with E-state index in [1.54, 1.807) is 0 Å². The van der Waals surface area contributed by atoms with Gasteiger partial charge < -0.3 is 4.90 Å². The van der Waals surface area contributed by atoms with E-state index < -0.39 is 0 Å². The lowest BCUT2D eigenvalue weighted by atomic mass is 9.89. The van der Waals surface area contributed by atoms with Gasteiger partial charge in [-0.25, -0.2) is 20.8 Å². The number of nitrogens with zero attached hydrogens (tertiary/aromatic N) is 8. The van der Waals surface area contributed by atoms with Crippen LogP contribution in [0.25, 0.3) is 5.69 Å². The molecule has 0 saturated heterocycles. The number of nitrogens with two attached hydrogens (primary N) is 1. The second-order valence-corrected chi connectivity index (χ2v) is 8.11. The van der Waals surface area contributed by atoms with Crippen molar-refractivity contribution in [2.45, 2.75) is 51.6 Å². The second kappa shape index (κ2) is 8.16. The number of rotatable bonds is 5. The number of aromatic nitrogens is 5. The standard InChI is InChI=1S/C23H27N9/c1-4-18-22-29-28-15(3)30(22)19-14-26-23(27-21(19)31(18)17-12-9-13-17)32(24)20(25-5-2)16-10-7-6-8-11-16/h5-8,10-11,14,17-18H,2,4,9,12-13,24H2,1,3H3/b25-20-/t18-/m1/s1. The molecule has 32 heavy (non-hydrogen) atoms. The van der Waals surface area contributed by atoms with Crippen LogP contribution in [0.2, 0.25) is 0 Å². The van der Waals surface area contributed by atoms with Crippen molar-refractivity contribution in [3.8, 4) is 5.69 Å². The van der Waals surface area contributed by atoms with E-state index in [1.807, 2.05) is 43.5 Å². The zero-order valence-corrected chi connectivity index (χ0v) is 18.4. The van der Waals surface area contributed by atoms with Crippen molar-refractivity contribution in [1.29, 1.82) is 0 Å². The lowest BCUT2D eigenvalue weighted by molar-refractivity contribution is 0.341. The normalized spacial score (nSPS) is 18.0. The van der Waals surface area contributed by atoms with Crippen LogP contribution < -0.4 is 15.8 Å². The maximum absolute atomic E-state index is 6.51. The molecule has 1 fully saturated rings. The van der Waals surface area contributed by atoms with E-state index in [-0.39, 0.29) is 6.04 Å². The molecule has 9 heteroatoms. The minimum Gasteiger partial charge on any atom is -0.341 e. The number of aryl methyl sites for hydroxylation is 1. The summed E-state index contributed by atoms with van der Waals surface area (Å²) in [5.41, 5.74) is 1.74. The zero-order valence-electron chi connectivity index (χ0n) is 18.4. The molecule has 3 heterocycles. The topological polar surface area (TPSA) is 101 Å². The average Bonchev–Trinajstić information content (AvgIpc) is 3.17. The SMILES string of the molecule is C=C/N=C(/c1ccccc1)N(N)c1ncc2c(n1)N(C1CCC1)[C@H](CC)c1nnc(C)n1-2. The van der Waals surface area contributed by atoms with Crippen LogP contribution >= 0.6 is 0 Å². The fourth-order valence-electron chi connectivity index (χ4n) is 4.50. The predicted octanol–water partition coefficient (Wildman–Crippen LogP) is 3.46. The molecule has 164 valence electrons. The highest BCUT2D eigenvalue weighted by Crippen LogP contribution is 2.44. The largest absolute Gasteiger partial charge is 0.341 e. The van der Waals surface area contributed by atoms with Crippen LogP contribution in [-0.4, -0.2) is 36.6 Å². The first-order valence-electron chi connectivity index (χ1n) is 11.0. The van der Waals surface area contributed by atoms with Crippen LogP contribution in [0.1, 0.15) is 55.9 Å². The first-order chi connectivity index (χ1) is 15.6. The number of hydrogen-bond donors (Lipinski definition) is 1. The minimum absolute atomic E-state index is 0.110. The second-order valence-electron chi connectivity index (χ2n) is 8.11. The Morgan fingerprint density at radius 3 is 2.72 bits per heavy atom. The molecule has 2 N–H and O–H groups in total. The molecule has 3 aromatic rings.